The third-order valence-corrected chi connectivity index (χ3v) is 4.22. The van der Waals surface area contributed by atoms with Gasteiger partial charge in [0.1, 0.15) is 5.60 Å². The molecule has 0 aliphatic carbocycles. The Labute approximate surface area is 130 Å². The molecule has 1 amide bonds. The monoisotopic (exact) mass is 311 g/mol. The molecule has 0 N–H and O–H groups in total. The molecule has 2 heterocycles. The number of aromatic nitrogens is 1. The molecule has 5 nitrogen and oxygen atoms in total. The molecule has 1 saturated heterocycles. The molecule has 0 spiro atoms. The van der Waals surface area contributed by atoms with E-state index >= 15 is 0 Å². The van der Waals surface area contributed by atoms with Crippen molar-refractivity contribution in [1.82, 2.24) is 9.88 Å². The first-order valence-electron chi connectivity index (χ1n) is 7.44. The average molecular weight is 311 g/mol. The van der Waals surface area contributed by atoms with Crippen LogP contribution in [0.4, 0.5) is 9.93 Å². The largest absolute Gasteiger partial charge is 0.444 e. The molecule has 0 aromatic carbocycles. The van der Waals surface area contributed by atoms with Crippen LogP contribution in [0.2, 0.25) is 0 Å². The topological polar surface area (TPSA) is 45.7 Å². The van der Waals surface area contributed by atoms with Crippen LogP contribution in [-0.2, 0) is 4.74 Å². The van der Waals surface area contributed by atoms with E-state index in [9.17, 15) is 4.79 Å². The third-order valence-electron chi connectivity index (χ3n) is 3.30. The van der Waals surface area contributed by atoms with Crippen LogP contribution < -0.4 is 4.90 Å². The van der Waals surface area contributed by atoms with Crippen molar-refractivity contribution in [3.63, 3.8) is 0 Å². The van der Waals surface area contributed by atoms with E-state index in [0.717, 1.165) is 23.9 Å². The summed E-state index contributed by atoms with van der Waals surface area (Å²) in [6, 6.07) is 0. The number of amides is 1. The molecular weight excluding hydrogens is 286 g/mol. The molecule has 1 aliphatic heterocycles. The van der Waals surface area contributed by atoms with Gasteiger partial charge < -0.3 is 14.5 Å². The van der Waals surface area contributed by atoms with Gasteiger partial charge in [-0.25, -0.2) is 9.78 Å². The van der Waals surface area contributed by atoms with Crippen molar-refractivity contribution in [1.29, 1.82) is 0 Å². The summed E-state index contributed by atoms with van der Waals surface area (Å²) in [5.41, 5.74) is 0.708. The number of carbonyl (C=O) groups is 1. The summed E-state index contributed by atoms with van der Waals surface area (Å²) in [4.78, 5) is 20.7. The minimum atomic E-state index is -0.435. The van der Waals surface area contributed by atoms with E-state index in [2.05, 4.69) is 29.1 Å². The Balaban J connectivity index is 1.89. The Morgan fingerprint density at radius 2 is 1.90 bits per heavy atom. The van der Waals surface area contributed by atoms with Gasteiger partial charge in [-0.2, -0.15) is 0 Å². The Kier molecular flexibility index (Phi) is 4.76. The summed E-state index contributed by atoms with van der Waals surface area (Å²) >= 11 is 1.68. The van der Waals surface area contributed by atoms with E-state index in [0.29, 0.717) is 19.0 Å². The molecule has 21 heavy (non-hydrogen) atoms. The number of piperazine rings is 1. The molecule has 0 bridgehead atoms. The summed E-state index contributed by atoms with van der Waals surface area (Å²) in [5.74, 6) is 0.457. The molecule has 1 aromatic heterocycles. The first kappa shape index (κ1) is 16.1. The van der Waals surface area contributed by atoms with Crippen LogP contribution in [-0.4, -0.2) is 47.8 Å². The molecule has 1 aliphatic rings. The molecule has 2 rings (SSSR count). The fraction of sp³-hybridized carbons (Fsp3) is 0.733. The fourth-order valence-electron chi connectivity index (χ4n) is 2.09. The highest BCUT2D eigenvalue weighted by molar-refractivity contribution is 7.13. The molecule has 0 radical (unpaired) electrons. The van der Waals surface area contributed by atoms with Crippen molar-refractivity contribution in [3.8, 4) is 0 Å². The van der Waals surface area contributed by atoms with Crippen molar-refractivity contribution in [3.05, 3.63) is 11.1 Å². The van der Waals surface area contributed by atoms with Crippen LogP contribution >= 0.6 is 11.3 Å². The molecule has 0 atom stereocenters. The van der Waals surface area contributed by atoms with E-state index in [1.165, 1.54) is 0 Å². The predicted molar refractivity (Wildman–Crippen MR) is 86.2 cm³/mol. The molecule has 6 heteroatoms. The maximum absolute atomic E-state index is 12.0. The highest BCUT2D eigenvalue weighted by Gasteiger charge is 2.26. The second-order valence-electron chi connectivity index (χ2n) is 6.66. The van der Waals surface area contributed by atoms with Gasteiger partial charge in [0.25, 0.3) is 0 Å². The van der Waals surface area contributed by atoms with Crippen LogP contribution in [0.15, 0.2) is 5.38 Å². The van der Waals surface area contributed by atoms with Gasteiger partial charge in [0.05, 0.1) is 5.69 Å². The SMILES string of the molecule is CC(C)c1csc(N2CCN(C(=O)OC(C)(C)C)CC2)n1. The quantitative estimate of drug-likeness (QED) is 0.840. The second kappa shape index (κ2) is 6.22. The third kappa shape index (κ3) is 4.33. The van der Waals surface area contributed by atoms with Gasteiger partial charge in [-0.1, -0.05) is 13.8 Å². The summed E-state index contributed by atoms with van der Waals surface area (Å²) in [6.45, 7) is 13.0. The zero-order valence-electron chi connectivity index (χ0n) is 13.5. The number of nitrogens with zero attached hydrogens (tertiary/aromatic N) is 3. The van der Waals surface area contributed by atoms with Gasteiger partial charge >= 0.3 is 6.09 Å². The second-order valence-corrected chi connectivity index (χ2v) is 7.50. The summed E-state index contributed by atoms with van der Waals surface area (Å²) in [7, 11) is 0. The fourth-order valence-corrected chi connectivity index (χ4v) is 3.13. The molecule has 118 valence electrons. The van der Waals surface area contributed by atoms with E-state index in [1.54, 1.807) is 16.2 Å². The number of hydrogen-bond donors (Lipinski definition) is 0. The smallest absolute Gasteiger partial charge is 0.410 e. The lowest BCUT2D eigenvalue weighted by Gasteiger charge is -2.35. The van der Waals surface area contributed by atoms with Crippen molar-refractivity contribution in [2.45, 2.75) is 46.1 Å². The Morgan fingerprint density at radius 1 is 1.29 bits per heavy atom. The minimum Gasteiger partial charge on any atom is -0.444 e. The van der Waals surface area contributed by atoms with Crippen molar-refractivity contribution < 1.29 is 9.53 Å². The lowest BCUT2D eigenvalue weighted by atomic mass is 10.2. The molecular formula is C15H25N3O2S. The average Bonchev–Trinajstić information content (AvgIpc) is 2.86. The Morgan fingerprint density at radius 3 is 2.38 bits per heavy atom. The molecule has 0 unspecified atom stereocenters. The highest BCUT2D eigenvalue weighted by Crippen LogP contribution is 2.25. The Hall–Kier alpha value is -1.30. The van der Waals surface area contributed by atoms with Crippen molar-refractivity contribution in [2.24, 2.45) is 0 Å². The summed E-state index contributed by atoms with van der Waals surface area (Å²) in [5, 5.41) is 3.18. The van der Waals surface area contributed by atoms with Crippen LogP contribution in [0.25, 0.3) is 0 Å². The number of ether oxygens (including phenoxy) is 1. The number of anilines is 1. The normalized spacial score (nSPS) is 16.5. The van der Waals surface area contributed by atoms with Crippen molar-refractivity contribution >= 4 is 22.6 Å². The van der Waals surface area contributed by atoms with E-state index in [-0.39, 0.29) is 6.09 Å². The molecule has 1 fully saturated rings. The van der Waals surface area contributed by atoms with Gasteiger partial charge in [0, 0.05) is 31.6 Å². The number of carbonyl (C=O) groups excluding carboxylic acids is 1. The van der Waals surface area contributed by atoms with Gasteiger partial charge in [-0.3, -0.25) is 0 Å². The van der Waals surface area contributed by atoms with Gasteiger partial charge in [-0.05, 0) is 26.7 Å². The standard InChI is InChI=1S/C15H25N3O2S/c1-11(2)12-10-21-13(16-12)17-6-8-18(9-7-17)14(19)20-15(3,4)5/h10-11H,6-9H2,1-5H3. The Bertz CT molecular complexity index is 485. The van der Waals surface area contributed by atoms with Crippen molar-refractivity contribution in [2.75, 3.05) is 31.1 Å². The first-order chi connectivity index (χ1) is 9.76. The van der Waals surface area contributed by atoms with Crippen LogP contribution in [0.5, 0.6) is 0 Å². The summed E-state index contributed by atoms with van der Waals surface area (Å²) in [6.07, 6.45) is -0.218. The number of rotatable bonds is 2. The number of thiazole rings is 1. The van der Waals surface area contributed by atoms with Crippen LogP contribution in [0.1, 0.15) is 46.2 Å². The first-order valence-corrected chi connectivity index (χ1v) is 8.32. The van der Waals surface area contributed by atoms with Gasteiger partial charge in [-0.15, -0.1) is 11.3 Å². The van der Waals surface area contributed by atoms with Crippen LogP contribution in [0.3, 0.4) is 0 Å². The van der Waals surface area contributed by atoms with Crippen LogP contribution in [0, 0.1) is 0 Å². The maximum Gasteiger partial charge on any atom is 0.410 e. The molecule has 0 saturated carbocycles. The lowest BCUT2D eigenvalue weighted by Crippen LogP contribution is -2.50. The van der Waals surface area contributed by atoms with E-state index in [1.807, 2.05) is 20.8 Å². The van der Waals surface area contributed by atoms with E-state index < -0.39 is 5.60 Å². The zero-order chi connectivity index (χ0) is 15.6. The highest BCUT2D eigenvalue weighted by atomic mass is 32.1. The molecule has 1 aromatic rings. The number of hydrogen-bond acceptors (Lipinski definition) is 5. The van der Waals surface area contributed by atoms with Gasteiger partial charge in [0.2, 0.25) is 0 Å². The summed E-state index contributed by atoms with van der Waals surface area (Å²) < 4.78 is 5.41. The predicted octanol–water partition coefficient (Wildman–Crippen LogP) is 3.32. The minimum absolute atomic E-state index is 0.218. The lowest BCUT2D eigenvalue weighted by molar-refractivity contribution is 0.0240. The van der Waals surface area contributed by atoms with Gasteiger partial charge in [0.15, 0.2) is 5.13 Å². The van der Waals surface area contributed by atoms with E-state index in [4.69, 9.17) is 4.74 Å². The zero-order valence-corrected chi connectivity index (χ0v) is 14.4. The maximum atomic E-state index is 12.0.